The van der Waals surface area contributed by atoms with Crippen LogP contribution < -0.4 is 15.4 Å². The van der Waals surface area contributed by atoms with Crippen LogP contribution in [0.1, 0.15) is 11.1 Å². The minimum absolute atomic E-state index is 0.409. The van der Waals surface area contributed by atoms with E-state index in [1.807, 2.05) is 66.4 Å². The zero-order chi connectivity index (χ0) is 26.7. The van der Waals surface area contributed by atoms with Gasteiger partial charge in [0.25, 0.3) is 0 Å². The van der Waals surface area contributed by atoms with Gasteiger partial charge in [-0.3, -0.25) is 0 Å². The first-order valence-electron chi connectivity index (χ1n) is 12.4. The van der Waals surface area contributed by atoms with Crippen molar-refractivity contribution in [3.63, 3.8) is 0 Å². The van der Waals surface area contributed by atoms with Gasteiger partial charge < -0.3 is 29.6 Å². The Morgan fingerprint density at radius 2 is 1.68 bits per heavy atom. The Morgan fingerprint density at radius 1 is 0.921 bits per heavy atom. The van der Waals surface area contributed by atoms with Crippen molar-refractivity contribution in [1.29, 1.82) is 0 Å². The maximum absolute atomic E-state index is 6.21. The van der Waals surface area contributed by atoms with E-state index < -0.39 is 0 Å². The van der Waals surface area contributed by atoms with E-state index in [1.54, 1.807) is 19.4 Å². The molecule has 1 aromatic heterocycles. The summed E-state index contributed by atoms with van der Waals surface area (Å²) >= 11 is 0. The zero-order valence-corrected chi connectivity index (χ0v) is 21.7. The van der Waals surface area contributed by atoms with Crippen molar-refractivity contribution in [1.82, 2.24) is 9.97 Å². The van der Waals surface area contributed by atoms with Crippen LogP contribution in [0.3, 0.4) is 0 Å². The predicted octanol–water partition coefficient (Wildman–Crippen LogP) is 5.11. The quantitative estimate of drug-likeness (QED) is 0.150. The van der Waals surface area contributed by atoms with Gasteiger partial charge in [0.2, 0.25) is 11.8 Å². The minimum Gasteiger partial charge on any atom is -0.438 e. The highest BCUT2D eigenvalue weighted by atomic mass is 16.5. The number of fused-ring (bicyclic) bond motifs is 1. The molecule has 0 radical (unpaired) electrons. The molecule has 38 heavy (non-hydrogen) atoms. The molecule has 0 saturated heterocycles. The van der Waals surface area contributed by atoms with Crippen LogP contribution in [0.4, 0.5) is 17.3 Å². The molecule has 0 aliphatic carbocycles. The number of terminal acetylenes is 1. The van der Waals surface area contributed by atoms with Crippen LogP contribution in [-0.2, 0) is 14.2 Å². The molecule has 0 fully saturated rings. The highest BCUT2D eigenvalue weighted by Gasteiger charge is 2.16. The van der Waals surface area contributed by atoms with E-state index in [2.05, 4.69) is 10.9 Å². The lowest BCUT2D eigenvalue weighted by Crippen LogP contribution is -2.25. The minimum atomic E-state index is 0.409. The van der Waals surface area contributed by atoms with Gasteiger partial charge in [-0.2, -0.15) is 4.98 Å². The fourth-order valence-corrected chi connectivity index (χ4v) is 3.98. The van der Waals surface area contributed by atoms with E-state index in [4.69, 9.17) is 36.1 Å². The van der Waals surface area contributed by atoms with Gasteiger partial charge in [-0.05, 0) is 42.8 Å². The molecule has 8 heteroatoms. The number of rotatable bonds is 13. The molecule has 8 nitrogen and oxygen atoms in total. The van der Waals surface area contributed by atoms with Crippen molar-refractivity contribution in [2.75, 3.05) is 57.3 Å². The summed E-state index contributed by atoms with van der Waals surface area (Å²) in [6.45, 7) is 4.99. The molecule has 0 aliphatic heterocycles. The third-order valence-corrected chi connectivity index (χ3v) is 5.79. The standard InChI is InChI=1S/C30H32N4O4/c1-4-23-19-22(2)20-24(21-23)34(13-14-36-17-18-37-16-15-35-3)30-32-12-11-29(33-30)38-28-10-9-27(31)25-7-5-6-8-26(25)28/h1,5-12,19-21H,13-18,31H2,2-3H3. The molecule has 1 heterocycles. The van der Waals surface area contributed by atoms with E-state index in [1.165, 1.54) is 0 Å². The number of ether oxygens (including phenoxy) is 4. The maximum Gasteiger partial charge on any atom is 0.233 e. The first-order chi connectivity index (χ1) is 18.6. The van der Waals surface area contributed by atoms with Crippen LogP contribution in [0.2, 0.25) is 0 Å². The molecular weight excluding hydrogens is 480 g/mol. The summed E-state index contributed by atoms with van der Waals surface area (Å²) in [6, 6.07) is 19.2. The number of nitrogen functional groups attached to an aromatic ring is 1. The first kappa shape index (κ1) is 26.9. The van der Waals surface area contributed by atoms with E-state index >= 15 is 0 Å². The van der Waals surface area contributed by atoms with Crippen LogP contribution in [0.5, 0.6) is 11.6 Å². The topological polar surface area (TPSA) is 92.0 Å². The molecule has 0 aliphatic rings. The summed E-state index contributed by atoms with van der Waals surface area (Å²) in [6.07, 6.45) is 7.38. The van der Waals surface area contributed by atoms with Gasteiger partial charge in [-0.25, -0.2) is 4.98 Å². The molecular formula is C30H32N4O4. The summed E-state index contributed by atoms with van der Waals surface area (Å²) in [5.41, 5.74) is 9.52. The van der Waals surface area contributed by atoms with Crippen LogP contribution in [0.15, 0.2) is 66.9 Å². The Kier molecular flexibility index (Phi) is 9.48. The normalized spacial score (nSPS) is 10.9. The number of anilines is 3. The van der Waals surface area contributed by atoms with Crippen molar-refractivity contribution in [2.45, 2.75) is 6.92 Å². The monoisotopic (exact) mass is 512 g/mol. The van der Waals surface area contributed by atoms with Crippen LogP contribution in [0.25, 0.3) is 10.8 Å². The van der Waals surface area contributed by atoms with E-state index in [-0.39, 0.29) is 0 Å². The molecule has 196 valence electrons. The molecule has 0 bridgehead atoms. The third kappa shape index (κ3) is 6.99. The highest BCUT2D eigenvalue weighted by molar-refractivity contribution is 5.97. The molecule has 0 atom stereocenters. The molecule has 0 amide bonds. The molecule has 0 spiro atoms. The van der Waals surface area contributed by atoms with Gasteiger partial charge in [0.15, 0.2) is 0 Å². The Labute approximate surface area is 223 Å². The van der Waals surface area contributed by atoms with Crippen molar-refractivity contribution in [2.24, 2.45) is 0 Å². The number of nitrogens with two attached hydrogens (primary N) is 1. The Balaban J connectivity index is 1.55. The van der Waals surface area contributed by atoms with E-state index in [0.29, 0.717) is 62.8 Å². The summed E-state index contributed by atoms with van der Waals surface area (Å²) in [7, 11) is 1.64. The SMILES string of the molecule is C#Cc1cc(C)cc(N(CCOCCOCCOC)c2nccc(Oc3ccc(N)c4ccccc34)n2)c1. The van der Waals surface area contributed by atoms with Crippen molar-refractivity contribution in [3.05, 3.63) is 78.0 Å². The Morgan fingerprint density at radius 3 is 2.47 bits per heavy atom. The van der Waals surface area contributed by atoms with Gasteiger partial charge in [-0.15, -0.1) is 6.42 Å². The van der Waals surface area contributed by atoms with Gasteiger partial charge >= 0.3 is 0 Å². The fourth-order valence-electron chi connectivity index (χ4n) is 3.98. The van der Waals surface area contributed by atoms with Crippen LogP contribution in [0, 0.1) is 19.3 Å². The number of benzene rings is 3. The average Bonchev–Trinajstić information content (AvgIpc) is 2.93. The van der Waals surface area contributed by atoms with Crippen LogP contribution >= 0.6 is 0 Å². The molecule has 3 aromatic carbocycles. The predicted molar refractivity (Wildman–Crippen MR) is 150 cm³/mol. The molecule has 0 saturated carbocycles. The number of hydrogen-bond donors (Lipinski definition) is 1. The van der Waals surface area contributed by atoms with Gasteiger partial charge in [0.05, 0.1) is 33.0 Å². The van der Waals surface area contributed by atoms with Crippen molar-refractivity contribution in [3.8, 4) is 24.0 Å². The zero-order valence-electron chi connectivity index (χ0n) is 21.7. The average molecular weight is 513 g/mol. The molecule has 4 rings (SSSR count). The van der Waals surface area contributed by atoms with Crippen molar-refractivity contribution < 1.29 is 18.9 Å². The number of methoxy groups -OCH3 is 1. The van der Waals surface area contributed by atoms with E-state index in [9.17, 15) is 0 Å². The second-order valence-corrected chi connectivity index (χ2v) is 8.57. The second kappa shape index (κ2) is 13.4. The smallest absolute Gasteiger partial charge is 0.233 e. The highest BCUT2D eigenvalue weighted by Crippen LogP contribution is 2.33. The Bertz CT molecular complexity index is 1400. The van der Waals surface area contributed by atoms with Crippen LogP contribution in [-0.4, -0.2) is 56.7 Å². The fraction of sp³-hybridized carbons (Fsp3) is 0.267. The summed E-state index contributed by atoms with van der Waals surface area (Å²) in [5.74, 6) is 4.26. The lowest BCUT2D eigenvalue weighted by Gasteiger charge is -2.24. The molecule has 0 unspecified atom stereocenters. The molecule has 4 aromatic rings. The number of aromatic nitrogens is 2. The van der Waals surface area contributed by atoms with Crippen molar-refractivity contribution >= 4 is 28.1 Å². The van der Waals surface area contributed by atoms with Gasteiger partial charge in [0.1, 0.15) is 5.75 Å². The number of hydrogen-bond acceptors (Lipinski definition) is 8. The summed E-state index contributed by atoms with van der Waals surface area (Å²) in [4.78, 5) is 11.2. The second-order valence-electron chi connectivity index (χ2n) is 8.57. The summed E-state index contributed by atoms with van der Waals surface area (Å²) in [5, 5.41) is 1.83. The lowest BCUT2D eigenvalue weighted by molar-refractivity contribution is 0.0267. The first-order valence-corrected chi connectivity index (χ1v) is 12.4. The number of aryl methyl sites for hydroxylation is 1. The summed E-state index contributed by atoms with van der Waals surface area (Å²) < 4.78 is 22.5. The van der Waals surface area contributed by atoms with Gasteiger partial charge in [-0.1, -0.05) is 30.2 Å². The number of nitrogens with zero attached hydrogens (tertiary/aromatic N) is 3. The molecule has 2 N–H and O–H groups in total. The van der Waals surface area contributed by atoms with Gasteiger partial charge in [0, 0.05) is 53.6 Å². The third-order valence-electron chi connectivity index (χ3n) is 5.79. The van der Waals surface area contributed by atoms with E-state index in [0.717, 1.165) is 27.6 Å². The maximum atomic E-state index is 6.21. The Hall–Kier alpha value is -4.16. The lowest BCUT2D eigenvalue weighted by atomic mass is 10.1. The largest absolute Gasteiger partial charge is 0.438 e.